The second-order valence-corrected chi connectivity index (χ2v) is 6.80. The second kappa shape index (κ2) is 8.83. The summed E-state index contributed by atoms with van der Waals surface area (Å²) in [6.07, 6.45) is 4.42. The van der Waals surface area contributed by atoms with E-state index in [4.69, 9.17) is 0 Å². The Morgan fingerprint density at radius 3 is 2.69 bits per heavy atom. The van der Waals surface area contributed by atoms with Crippen LogP contribution in [-0.2, 0) is 14.8 Å². The molecule has 2 rings (SSSR count). The molecule has 0 atom stereocenters. The Morgan fingerprint density at radius 2 is 2.00 bits per heavy atom. The molecule has 1 aromatic carbocycles. The van der Waals surface area contributed by atoms with Gasteiger partial charge in [0.2, 0.25) is 15.9 Å². The maximum Gasteiger partial charge on any atom is 0.270 e. The monoisotopic (exact) mass is 376 g/mol. The van der Waals surface area contributed by atoms with Crippen LogP contribution < -0.4 is 10.0 Å². The van der Waals surface area contributed by atoms with Gasteiger partial charge >= 0.3 is 0 Å². The van der Waals surface area contributed by atoms with Crippen molar-refractivity contribution in [2.45, 2.75) is 4.90 Å². The first-order valence-corrected chi connectivity index (χ1v) is 8.98. The number of carbonyl (C=O) groups is 1. The standard InChI is InChI=1S/C16H16N4O5S/c21-16(8-7-13-4-1-2-9-17-13)18-10-11-19-26(24,25)15-6-3-5-14(12-15)20(22)23/h1-9,12,19H,10-11H2,(H,18,21)/b8-7+. The van der Waals surface area contributed by atoms with Crippen molar-refractivity contribution in [2.24, 2.45) is 0 Å². The predicted octanol–water partition coefficient (Wildman–Crippen LogP) is 1.10. The quantitative estimate of drug-likeness (QED) is 0.307. The Hall–Kier alpha value is -3.11. The molecule has 0 aliphatic heterocycles. The van der Waals surface area contributed by atoms with Crippen molar-refractivity contribution in [1.82, 2.24) is 15.0 Å². The van der Waals surface area contributed by atoms with E-state index in [0.717, 1.165) is 6.07 Å². The van der Waals surface area contributed by atoms with Gasteiger partial charge in [0, 0.05) is 37.5 Å². The number of amides is 1. The summed E-state index contributed by atoms with van der Waals surface area (Å²) in [4.78, 5) is 25.5. The number of nitrogens with zero attached hydrogens (tertiary/aromatic N) is 2. The van der Waals surface area contributed by atoms with Crippen LogP contribution in [0.1, 0.15) is 5.69 Å². The fourth-order valence-electron chi connectivity index (χ4n) is 1.91. The minimum absolute atomic E-state index is 0.0551. The summed E-state index contributed by atoms with van der Waals surface area (Å²) in [5.41, 5.74) is 0.301. The number of pyridine rings is 1. The lowest BCUT2D eigenvalue weighted by atomic mass is 10.3. The SMILES string of the molecule is O=C(/C=C/c1ccccn1)NCCNS(=O)(=O)c1cccc([N+](=O)[O-])c1. The molecule has 0 saturated carbocycles. The van der Waals surface area contributed by atoms with E-state index in [2.05, 4.69) is 15.0 Å². The molecular formula is C16H16N4O5S. The zero-order valence-electron chi connectivity index (χ0n) is 13.5. The second-order valence-electron chi connectivity index (χ2n) is 5.03. The van der Waals surface area contributed by atoms with E-state index in [0.29, 0.717) is 5.69 Å². The Kier molecular flexibility index (Phi) is 6.53. The molecule has 1 amide bonds. The number of rotatable bonds is 8. The van der Waals surface area contributed by atoms with E-state index in [9.17, 15) is 23.3 Å². The van der Waals surface area contributed by atoms with Crippen LogP contribution in [0.25, 0.3) is 6.08 Å². The number of nitro benzene ring substituents is 1. The van der Waals surface area contributed by atoms with Crippen molar-refractivity contribution in [3.05, 3.63) is 70.5 Å². The van der Waals surface area contributed by atoms with Gasteiger partial charge in [-0.1, -0.05) is 12.1 Å². The molecule has 0 fully saturated rings. The fourth-order valence-corrected chi connectivity index (χ4v) is 2.98. The summed E-state index contributed by atoms with van der Waals surface area (Å²) in [6, 6.07) is 9.99. The number of sulfonamides is 1. The van der Waals surface area contributed by atoms with E-state index in [1.807, 2.05) is 0 Å². The number of benzene rings is 1. The summed E-state index contributed by atoms with van der Waals surface area (Å²) >= 11 is 0. The van der Waals surface area contributed by atoms with Gasteiger partial charge in [-0.2, -0.15) is 0 Å². The smallest absolute Gasteiger partial charge is 0.270 e. The average molecular weight is 376 g/mol. The zero-order chi connectivity index (χ0) is 19.0. The topological polar surface area (TPSA) is 131 Å². The summed E-state index contributed by atoms with van der Waals surface area (Å²) < 4.78 is 26.5. The van der Waals surface area contributed by atoms with Crippen molar-refractivity contribution in [3.63, 3.8) is 0 Å². The van der Waals surface area contributed by atoms with Crippen LogP contribution in [0.3, 0.4) is 0 Å². The van der Waals surface area contributed by atoms with Crippen LogP contribution >= 0.6 is 0 Å². The maximum atomic E-state index is 12.1. The first-order chi connectivity index (χ1) is 12.4. The fraction of sp³-hybridized carbons (Fsp3) is 0.125. The highest BCUT2D eigenvalue weighted by Gasteiger charge is 2.16. The van der Waals surface area contributed by atoms with Crippen molar-refractivity contribution in [3.8, 4) is 0 Å². The van der Waals surface area contributed by atoms with E-state index in [1.165, 1.54) is 30.4 Å². The van der Waals surface area contributed by atoms with Gasteiger partial charge in [0.1, 0.15) is 0 Å². The van der Waals surface area contributed by atoms with E-state index in [1.54, 1.807) is 24.4 Å². The lowest BCUT2D eigenvalue weighted by Crippen LogP contribution is -2.34. The molecule has 0 unspecified atom stereocenters. The third kappa shape index (κ3) is 5.76. The predicted molar refractivity (Wildman–Crippen MR) is 94.6 cm³/mol. The Bertz CT molecular complexity index is 913. The molecule has 10 heteroatoms. The van der Waals surface area contributed by atoms with Gasteiger partial charge in [-0.15, -0.1) is 0 Å². The van der Waals surface area contributed by atoms with Gasteiger partial charge in [0.15, 0.2) is 0 Å². The number of hydrogen-bond donors (Lipinski definition) is 2. The van der Waals surface area contributed by atoms with E-state index >= 15 is 0 Å². The number of hydrogen-bond acceptors (Lipinski definition) is 6. The van der Waals surface area contributed by atoms with Crippen LogP contribution in [-0.4, -0.2) is 37.3 Å². The van der Waals surface area contributed by atoms with Gasteiger partial charge in [0.25, 0.3) is 5.69 Å². The van der Waals surface area contributed by atoms with Crippen molar-refractivity contribution < 1.29 is 18.1 Å². The van der Waals surface area contributed by atoms with Crippen LogP contribution in [0, 0.1) is 10.1 Å². The van der Waals surface area contributed by atoms with Crippen LogP contribution in [0.2, 0.25) is 0 Å². The minimum atomic E-state index is -3.90. The molecule has 9 nitrogen and oxygen atoms in total. The summed E-state index contributed by atoms with van der Waals surface area (Å²) in [6.45, 7) is -0.00621. The van der Waals surface area contributed by atoms with Crippen LogP contribution in [0.15, 0.2) is 59.6 Å². The zero-order valence-corrected chi connectivity index (χ0v) is 14.3. The Morgan fingerprint density at radius 1 is 1.19 bits per heavy atom. The molecule has 136 valence electrons. The molecule has 2 aromatic rings. The van der Waals surface area contributed by atoms with Crippen LogP contribution in [0.5, 0.6) is 0 Å². The maximum absolute atomic E-state index is 12.1. The number of non-ortho nitro benzene ring substituents is 1. The van der Waals surface area contributed by atoms with Gasteiger partial charge in [-0.05, 0) is 24.3 Å². The number of nitrogens with one attached hydrogen (secondary N) is 2. The summed E-state index contributed by atoms with van der Waals surface area (Å²) in [5.74, 6) is -0.398. The first-order valence-electron chi connectivity index (χ1n) is 7.49. The molecule has 2 N–H and O–H groups in total. The molecule has 0 radical (unpaired) electrons. The van der Waals surface area contributed by atoms with E-state index in [-0.39, 0.29) is 23.7 Å². The molecule has 0 aliphatic rings. The molecule has 1 aromatic heterocycles. The van der Waals surface area contributed by atoms with Crippen molar-refractivity contribution >= 4 is 27.7 Å². The Labute approximate surface area is 150 Å². The van der Waals surface area contributed by atoms with Crippen LogP contribution in [0.4, 0.5) is 5.69 Å². The minimum Gasteiger partial charge on any atom is -0.351 e. The number of carbonyl (C=O) groups excluding carboxylic acids is 1. The Balaban J connectivity index is 1.83. The van der Waals surface area contributed by atoms with Gasteiger partial charge < -0.3 is 5.32 Å². The normalized spacial score (nSPS) is 11.4. The number of aromatic nitrogens is 1. The summed E-state index contributed by atoms with van der Waals surface area (Å²) in [7, 11) is -3.90. The molecule has 26 heavy (non-hydrogen) atoms. The molecule has 0 saturated heterocycles. The molecule has 0 bridgehead atoms. The lowest BCUT2D eigenvalue weighted by Gasteiger charge is -2.07. The van der Waals surface area contributed by atoms with E-state index < -0.39 is 20.9 Å². The molecular weight excluding hydrogens is 360 g/mol. The lowest BCUT2D eigenvalue weighted by molar-refractivity contribution is -0.385. The molecule has 1 heterocycles. The number of nitro groups is 1. The largest absolute Gasteiger partial charge is 0.351 e. The average Bonchev–Trinajstić information content (AvgIpc) is 2.64. The van der Waals surface area contributed by atoms with Gasteiger partial charge in [0.05, 0.1) is 15.5 Å². The third-order valence-electron chi connectivity index (χ3n) is 3.15. The molecule has 0 aliphatic carbocycles. The van der Waals surface area contributed by atoms with Gasteiger partial charge in [-0.25, -0.2) is 13.1 Å². The highest BCUT2D eigenvalue weighted by Crippen LogP contribution is 2.16. The summed E-state index contributed by atoms with van der Waals surface area (Å²) in [5, 5.41) is 13.2. The highest BCUT2D eigenvalue weighted by molar-refractivity contribution is 7.89. The van der Waals surface area contributed by atoms with Crippen molar-refractivity contribution in [2.75, 3.05) is 13.1 Å². The highest BCUT2D eigenvalue weighted by atomic mass is 32.2. The molecule has 0 spiro atoms. The third-order valence-corrected chi connectivity index (χ3v) is 4.61. The van der Waals surface area contributed by atoms with Gasteiger partial charge in [-0.3, -0.25) is 19.9 Å². The first kappa shape index (κ1) is 19.2. The van der Waals surface area contributed by atoms with Crippen molar-refractivity contribution in [1.29, 1.82) is 0 Å².